The fourth-order valence-electron chi connectivity index (χ4n) is 3.89. The molecule has 1 aliphatic heterocycles. The highest BCUT2D eigenvalue weighted by Crippen LogP contribution is 2.31. The molecule has 2 aromatic heterocycles. The lowest BCUT2D eigenvalue weighted by atomic mass is 9.94. The van der Waals surface area contributed by atoms with Gasteiger partial charge in [0, 0.05) is 12.2 Å². The van der Waals surface area contributed by atoms with Crippen LogP contribution in [-0.4, -0.2) is 45.7 Å². The summed E-state index contributed by atoms with van der Waals surface area (Å²) in [4.78, 5) is 21.2. The average molecular weight is 345 g/mol. The van der Waals surface area contributed by atoms with E-state index in [9.17, 15) is 9.18 Å². The second kappa shape index (κ2) is 6.71. The number of nitrogens with zero attached hydrogens (tertiary/aromatic N) is 3. The number of imidazole rings is 1. The molecule has 7 heteroatoms. The monoisotopic (exact) mass is 345 g/mol. The van der Waals surface area contributed by atoms with E-state index >= 15 is 0 Å². The van der Waals surface area contributed by atoms with Crippen LogP contribution in [0.1, 0.15) is 54.9 Å². The second-order valence-corrected chi connectivity index (χ2v) is 7.24. The molecule has 2 aliphatic rings. The van der Waals surface area contributed by atoms with Crippen molar-refractivity contribution in [2.75, 3.05) is 19.6 Å². The molecular formula is C18H24FN5O. The van der Waals surface area contributed by atoms with E-state index in [1.807, 2.05) is 6.33 Å². The first-order chi connectivity index (χ1) is 12.1. The highest BCUT2D eigenvalue weighted by molar-refractivity contribution is 5.96. The number of carbonyl (C=O) groups excluding carboxylic acids is 1. The molecule has 1 amide bonds. The van der Waals surface area contributed by atoms with Crippen LogP contribution in [0.25, 0.3) is 11.2 Å². The van der Waals surface area contributed by atoms with Crippen molar-refractivity contribution in [3.05, 3.63) is 24.2 Å². The van der Waals surface area contributed by atoms with Crippen LogP contribution in [0.2, 0.25) is 0 Å². The van der Waals surface area contributed by atoms with Gasteiger partial charge in [-0.3, -0.25) is 4.79 Å². The molecular weight excluding hydrogens is 321 g/mol. The van der Waals surface area contributed by atoms with Gasteiger partial charge in [-0.15, -0.1) is 0 Å². The predicted octanol–water partition coefficient (Wildman–Crippen LogP) is 2.37. The number of halogens is 1. The maximum absolute atomic E-state index is 14.6. The van der Waals surface area contributed by atoms with E-state index in [0.717, 1.165) is 24.0 Å². The molecule has 2 aromatic rings. The zero-order valence-electron chi connectivity index (χ0n) is 14.3. The Hall–Kier alpha value is -2.02. The smallest absolute Gasteiger partial charge is 0.253 e. The number of hydrogen-bond donors (Lipinski definition) is 2. The van der Waals surface area contributed by atoms with Gasteiger partial charge in [0.1, 0.15) is 11.2 Å². The summed E-state index contributed by atoms with van der Waals surface area (Å²) >= 11 is 0. The van der Waals surface area contributed by atoms with Gasteiger partial charge in [-0.1, -0.05) is 12.8 Å². The molecule has 1 saturated carbocycles. The molecule has 0 unspecified atom stereocenters. The third-order valence-electron chi connectivity index (χ3n) is 5.46. The van der Waals surface area contributed by atoms with Gasteiger partial charge in [0.05, 0.1) is 18.4 Å². The average Bonchev–Trinajstić information content (AvgIpc) is 3.29. The van der Waals surface area contributed by atoms with Crippen LogP contribution in [0.4, 0.5) is 4.39 Å². The normalized spacial score (nSPS) is 20.8. The van der Waals surface area contributed by atoms with Gasteiger partial charge in [-0.25, -0.2) is 14.4 Å². The molecule has 1 saturated heterocycles. The molecule has 134 valence electrons. The zero-order chi connectivity index (χ0) is 17.3. The molecule has 0 spiro atoms. The summed E-state index contributed by atoms with van der Waals surface area (Å²) in [6.45, 7) is 1.35. The molecule has 3 heterocycles. The molecule has 4 rings (SSSR count). The first-order valence-corrected chi connectivity index (χ1v) is 9.15. The van der Waals surface area contributed by atoms with Gasteiger partial charge in [-0.05, 0) is 44.8 Å². The van der Waals surface area contributed by atoms with Gasteiger partial charge in [0.25, 0.3) is 5.91 Å². The number of pyridine rings is 1. The summed E-state index contributed by atoms with van der Waals surface area (Å²) in [5.74, 6) is -0.291. The Morgan fingerprint density at radius 2 is 2.08 bits per heavy atom. The molecule has 25 heavy (non-hydrogen) atoms. The van der Waals surface area contributed by atoms with Crippen LogP contribution >= 0.6 is 0 Å². The highest BCUT2D eigenvalue weighted by Gasteiger charge is 2.32. The summed E-state index contributed by atoms with van der Waals surface area (Å²) < 4.78 is 16.7. The lowest BCUT2D eigenvalue weighted by Gasteiger charge is -2.30. The van der Waals surface area contributed by atoms with Crippen molar-refractivity contribution in [3.8, 4) is 0 Å². The zero-order valence-corrected chi connectivity index (χ0v) is 14.3. The van der Waals surface area contributed by atoms with Crippen molar-refractivity contribution >= 4 is 17.1 Å². The summed E-state index contributed by atoms with van der Waals surface area (Å²) in [5.41, 5.74) is 0.657. The summed E-state index contributed by atoms with van der Waals surface area (Å²) in [7, 11) is 0. The fourth-order valence-corrected chi connectivity index (χ4v) is 3.89. The second-order valence-electron chi connectivity index (χ2n) is 7.24. The lowest BCUT2D eigenvalue weighted by molar-refractivity contribution is 0.0837. The molecule has 1 aliphatic carbocycles. The van der Waals surface area contributed by atoms with E-state index in [1.54, 1.807) is 12.3 Å². The Bertz CT molecular complexity index is 762. The predicted molar refractivity (Wildman–Crippen MR) is 93.3 cm³/mol. The molecule has 2 fully saturated rings. The van der Waals surface area contributed by atoms with Crippen molar-refractivity contribution in [1.29, 1.82) is 0 Å². The topological polar surface area (TPSA) is 71.8 Å². The van der Waals surface area contributed by atoms with Crippen molar-refractivity contribution < 1.29 is 9.18 Å². The van der Waals surface area contributed by atoms with Crippen molar-refractivity contribution in [3.63, 3.8) is 0 Å². The largest absolute Gasteiger partial charge is 0.349 e. The van der Waals surface area contributed by atoms with Crippen LogP contribution in [0.5, 0.6) is 0 Å². The van der Waals surface area contributed by atoms with Crippen molar-refractivity contribution in [2.24, 2.45) is 0 Å². The minimum absolute atomic E-state index is 0.0437. The van der Waals surface area contributed by atoms with E-state index in [1.165, 1.54) is 12.8 Å². The Morgan fingerprint density at radius 3 is 2.84 bits per heavy atom. The maximum Gasteiger partial charge on any atom is 0.253 e. The number of aromatic nitrogens is 3. The van der Waals surface area contributed by atoms with E-state index in [-0.39, 0.29) is 12.5 Å². The van der Waals surface area contributed by atoms with E-state index < -0.39 is 5.67 Å². The van der Waals surface area contributed by atoms with Crippen LogP contribution in [0, 0.1) is 0 Å². The molecule has 2 N–H and O–H groups in total. The number of piperidine rings is 1. The van der Waals surface area contributed by atoms with Gasteiger partial charge in [0.2, 0.25) is 0 Å². The quantitative estimate of drug-likeness (QED) is 0.892. The SMILES string of the molecule is O=C(NCC1(F)CCNCC1)c1cnc2c(c1)ncn2C1CCCC1. The maximum atomic E-state index is 14.6. The first-order valence-electron chi connectivity index (χ1n) is 9.15. The number of rotatable bonds is 4. The summed E-state index contributed by atoms with van der Waals surface area (Å²) in [5, 5.41) is 5.85. The Kier molecular flexibility index (Phi) is 4.41. The van der Waals surface area contributed by atoms with E-state index in [4.69, 9.17) is 0 Å². The van der Waals surface area contributed by atoms with Gasteiger partial charge >= 0.3 is 0 Å². The van der Waals surface area contributed by atoms with Crippen LogP contribution < -0.4 is 10.6 Å². The van der Waals surface area contributed by atoms with Crippen LogP contribution in [-0.2, 0) is 0 Å². The fraction of sp³-hybridized carbons (Fsp3) is 0.611. The Balaban J connectivity index is 1.46. The third-order valence-corrected chi connectivity index (χ3v) is 5.46. The standard InChI is InChI=1S/C18H24FN5O/c19-18(5-7-20-8-6-18)11-22-17(25)13-9-15-16(21-10-13)24(12-23-15)14-3-1-2-4-14/h9-10,12,14,20H,1-8,11H2,(H,22,25). The summed E-state index contributed by atoms with van der Waals surface area (Å²) in [6, 6.07) is 2.21. The lowest BCUT2D eigenvalue weighted by Crippen LogP contribution is -2.46. The number of carbonyl (C=O) groups is 1. The van der Waals surface area contributed by atoms with E-state index in [0.29, 0.717) is 37.5 Å². The molecule has 0 atom stereocenters. The Labute approximate surface area is 146 Å². The van der Waals surface area contributed by atoms with Crippen LogP contribution in [0.3, 0.4) is 0 Å². The number of nitrogens with one attached hydrogen (secondary N) is 2. The third kappa shape index (κ3) is 3.38. The van der Waals surface area contributed by atoms with E-state index in [2.05, 4.69) is 25.2 Å². The minimum Gasteiger partial charge on any atom is -0.349 e. The van der Waals surface area contributed by atoms with Crippen LogP contribution in [0.15, 0.2) is 18.6 Å². The van der Waals surface area contributed by atoms with Gasteiger partial charge in [0.15, 0.2) is 5.65 Å². The number of alkyl halides is 1. The van der Waals surface area contributed by atoms with Crippen molar-refractivity contribution in [1.82, 2.24) is 25.2 Å². The minimum atomic E-state index is -1.32. The number of hydrogen-bond acceptors (Lipinski definition) is 4. The molecule has 0 bridgehead atoms. The summed E-state index contributed by atoms with van der Waals surface area (Å²) in [6.07, 6.45) is 9.04. The van der Waals surface area contributed by atoms with Gasteiger partial charge in [-0.2, -0.15) is 0 Å². The molecule has 0 radical (unpaired) electrons. The Morgan fingerprint density at radius 1 is 1.32 bits per heavy atom. The van der Waals surface area contributed by atoms with Crippen molar-refractivity contribution in [2.45, 2.75) is 50.2 Å². The number of fused-ring (bicyclic) bond motifs is 1. The highest BCUT2D eigenvalue weighted by atomic mass is 19.1. The van der Waals surface area contributed by atoms with Gasteiger partial charge < -0.3 is 15.2 Å². The number of amides is 1. The molecule has 6 nitrogen and oxygen atoms in total. The first kappa shape index (κ1) is 16.4. The molecule has 0 aromatic carbocycles.